The summed E-state index contributed by atoms with van der Waals surface area (Å²) in [6, 6.07) is 7.96. The number of aromatic nitrogens is 1. The first-order valence-corrected chi connectivity index (χ1v) is 6.16. The Bertz CT molecular complexity index is 414. The van der Waals surface area contributed by atoms with E-state index in [1.165, 1.54) is 25.7 Å². The topological polar surface area (TPSA) is 26.0 Å². The third kappa shape index (κ3) is 2.43. The SMILES string of the molecule is CCCCCC(C)c1nc2ccccc2o1. The molecule has 1 aromatic heterocycles. The van der Waals surface area contributed by atoms with Crippen molar-refractivity contribution in [2.45, 2.75) is 45.4 Å². The Hall–Kier alpha value is -1.31. The van der Waals surface area contributed by atoms with Crippen molar-refractivity contribution in [3.05, 3.63) is 30.2 Å². The Morgan fingerprint density at radius 1 is 1.25 bits per heavy atom. The molecule has 0 bridgehead atoms. The molecule has 0 aliphatic carbocycles. The van der Waals surface area contributed by atoms with Crippen molar-refractivity contribution < 1.29 is 4.42 Å². The van der Waals surface area contributed by atoms with Gasteiger partial charge in [-0.2, -0.15) is 0 Å². The summed E-state index contributed by atoms with van der Waals surface area (Å²) < 4.78 is 5.75. The third-order valence-electron chi connectivity index (χ3n) is 2.97. The number of benzene rings is 1. The first-order chi connectivity index (χ1) is 7.81. The van der Waals surface area contributed by atoms with Crippen LogP contribution in [-0.2, 0) is 0 Å². The smallest absolute Gasteiger partial charge is 0.198 e. The predicted octanol–water partition coefficient (Wildman–Crippen LogP) is 4.51. The molecule has 1 unspecified atom stereocenters. The van der Waals surface area contributed by atoms with Crippen LogP contribution in [0.2, 0.25) is 0 Å². The van der Waals surface area contributed by atoms with Gasteiger partial charge in [0.15, 0.2) is 11.5 Å². The van der Waals surface area contributed by atoms with E-state index in [1.807, 2.05) is 24.3 Å². The maximum Gasteiger partial charge on any atom is 0.198 e. The van der Waals surface area contributed by atoms with Crippen LogP contribution in [0.3, 0.4) is 0 Å². The van der Waals surface area contributed by atoms with Crippen LogP contribution < -0.4 is 0 Å². The first-order valence-electron chi connectivity index (χ1n) is 6.16. The van der Waals surface area contributed by atoms with E-state index >= 15 is 0 Å². The standard InChI is InChI=1S/C14H19NO/c1-3-4-5-8-11(2)14-15-12-9-6-7-10-13(12)16-14/h6-7,9-11H,3-5,8H2,1-2H3. The highest BCUT2D eigenvalue weighted by Crippen LogP contribution is 2.24. The van der Waals surface area contributed by atoms with E-state index in [-0.39, 0.29) is 0 Å². The van der Waals surface area contributed by atoms with Crippen LogP contribution in [0, 0.1) is 0 Å². The molecule has 2 rings (SSSR count). The summed E-state index contributed by atoms with van der Waals surface area (Å²) in [5.41, 5.74) is 1.87. The average molecular weight is 217 g/mol. The molecule has 2 nitrogen and oxygen atoms in total. The minimum atomic E-state index is 0.430. The molecule has 2 heteroatoms. The molecule has 0 saturated heterocycles. The second-order valence-electron chi connectivity index (χ2n) is 4.42. The van der Waals surface area contributed by atoms with Crippen LogP contribution in [0.25, 0.3) is 11.1 Å². The van der Waals surface area contributed by atoms with E-state index in [1.54, 1.807) is 0 Å². The van der Waals surface area contributed by atoms with Gasteiger partial charge < -0.3 is 4.42 Å². The maximum absolute atomic E-state index is 5.75. The van der Waals surface area contributed by atoms with E-state index in [9.17, 15) is 0 Å². The van der Waals surface area contributed by atoms with Gasteiger partial charge in [-0.3, -0.25) is 0 Å². The molecule has 16 heavy (non-hydrogen) atoms. The molecule has 0 fully saturated rings. The lowest BCUT2D eigenvalue weighted by Crippen LogP contribution is -1.93. The number of unbranched alkanes of at least 4 members (excludes halogenated alkanes) is 2. The molecule has 0 aliphatic rings. The zero-order chi connectivity index (χ0) is 11.4. The van der Waals surface area contributed by atoms with E-state index in [0.29, 0.717) is 5.92 Å². The Morgan fingerprint density at radius 3 is 2.81 bits per heavy atom. The van der Waals surface area contributed by atoms with Crippen molar-refractivity contribution in [2.24, 2.45) is 0 Å². The molecule has 86 valence electrons. The maximum atomic E-state index is 5.75. The van der Waals surface area contributed by atoms with Gasteiger partial charge in [-0.1, -0.05) is 45.2 Å². The van der Waals surface area contributed by atoms with Crippen molar-refractivity contribution in [2.75, 3.05) is 0 Å². The number of nitrogens with zero attached hydrogens (tertiary/aromatic N) is 1. The third-order valence-corrected chi connectivity index (χ3v) is 2.97. The van der Waals surface area contributed by atoms with Gasteiger partial charge in [-0.25, -0.2) is 4.98 Å². The molecule has 2 aromatic rings. The predicted molar refractivity (Wildman–Crippen MR) is 66.6 cm³/mol. The van der Waals surface area contributed by atoms with Crippen molar-refractivity contribution in [1.82, 2.24) is 4.98 Å². The largest absolute Gasteiger partial charge is 0.440 e. The molecule has 0 amide bonds. The Balaban J connectivity index is 2.07. The second-order valence-corrected chi connectivity index (χ2v) is 4.42. The number of hydrogen-bond donors (Lipinski definition) is 0. The molecule has 1 heterocycles. The van der Waals surface area contributed by atoms with Crippen LogP contribution >= 0.6 is 0 Å². The number of hydrogen-bond acceptors (Lipinski definition) is 2. The lowest BCUT2D eigenvalue weighted by molar-refractivity contribution is 0.457. The minimum absolute atomic E-state index is 0.430. The summed E-state index contributed by atoms with van der Waals surface area (Å²) in [7, 11) is 0. The van der Waals surface area contributed by atoms with Crippen molar-refractivity contribution in [1.29, 1.82) is 0 Å². The minimum Gasteiger partial charge on any atom is -0.440 e. The van der Waals surface area contributed by atoms with Gasteiger partial charge in [0.2, 0.25) is 0 Å². The fraction of sp³-hybridized carbons (Fsp3) is 0.500. The van der Waals surface area contributed by atoms with Crippen molar-refractivity contribution >= 4 is 11.1 Å². The van der Waals surface area contributed by atoms with E-state index in [4.69, 9.17) is 4.42 Å². The average Bonchev–Trinajstić information content (AvgIpc) is 2.73. The number of fused-ring (bicyclic) bond motifs is 1. The fourth-order valence-electron chi connectivity index (χ4n) is 1.92. The van der Waals surface area contributed by atoms with Gasteiger partial charge in [0.1, 0.15) is 5.52 Å². The van der Waals surface area contributed by atoms with Crippen LogP contribution in [0.4, 0.5) is 0 Å². The normalized spacial score (nSPS) is 13.1. The lowest BCUT2D eigenvalue weighted by atomic mass is 10.0. The summed E-state index contributed by atoms with van der Waals surface area (Å²) in [5.74, 6) is 1.32. The van der Waals surface area contributed by atoms with Gasteiger partial charge in [0.05, 0.1) is 0 Å². The van der Waals surface area contributed by atoms with Gasteiger partial charge in [-0.15, -0.1) is 0 Å². The molecule has 0 spiro atoms. The molecular weight excluding hydrogens is 198 g/mol. The van der Waals surface area contributed by atoms with Gasteiger partial charge >= 0.3 is 0 Å². The molecular formula is C14H19NO. The lowest BCUT2D eigenvalue weighted by Gasteiger charge is -2.05. The highest BCUT2D eigenvalue weighted by atomic mass is 16.3. The van der Waals surface area contributed by atoms with E-state index in [2.05, 4.69) is 18.8 Å². The zero-order valence-electron chi connectivity index (χ0n) is 10.1. The molecule has 0 aliphatic heterocycles. The monoisotopic (exact) mass is 217 g/mol. The molecule has 0 radical (unpaired) electrons. The van der Waals surface area contributed by atoms with Gasteiger partial charge in [0, 0.05) is 5.92 Å². The van der Waals surface area contributed by atoms with Crippen LogP contribution in [0.5, 0.6) is 0 Å². The first kappa shape index (κ1) is 11.2. The molecule has 1 atom stereocenters. The molecule has 1 aromatic carbocycles. The van der Waals surface area contributed by atoms with Crippen LogP contribution in [0.15, 0.2) is 28.7 Å². The Morgan fingerprint density at radius 2 is 2.06 bits per heavy atom. The zero-order valence-corrected chi connectivity index (χ0v) is 10.1. The summed E-state index contributed by atoms with van der Waals surface area (Å²) in [5, 5.41) is 0. The van der Waals surface area contributed by atoms with E-state index in [0.717, 1.165) is 17.0 Å². The number of rotatable bonds is 5. The van der Waals surface area contributed by atoms with Crippen LogP contribution in [-0.4, -0.2) is 4.98 Å². The fourth-order valence-corrected chi connectivity index (χ4v) is 1.92. The summed E-state index contributed by atoms with van der Waals surface area (Å²) >= 11 is 0. The number of oxazole rings is 1. The Labute approximate surface area is 96.7 Å². The van der Waals surface area contributed by atoms with Gasteiger partial charge in [-0.05, 0) is 18.6 Å². The number of para-hydroxylation sites is 2. The highest BCUT2D eigenvalue weighted by molar-refractivity contribution is 5.72. The summed E-state index contributed by atoms with van der Waals surface area (Å²) in [6.07, 6.45) is 4.99. The van der Waals surface area contributed by atoms with Crippen molar-refractivity contribution in [3.8, 4) is 0 Å². The second kappa shape index (κ2) is 5.15. The van der Waals surface area contributed by atoms with E-state index < -0.39 is 0 Å². The molecule has 0 N–H and O–H groups in total. The van der Waals surface area contributed by atoms with Gasteiger partial charge in [0.25, 0.3) is 0 Å². The Kier molecular flexibility index (Phi) is 3.60. The quantitative estimate of drug-likeness (QED) is 0.688. The van der Waals surface area contributed by atoms with Crippen molar-refractivity contribution in [3.63, 3.8) is 0 Å². The van der Waals surface area contributed by atoms with Crippen LogP contribution in [0.1, 0.15) is 51.3 Å². The molecule has 0 saturated carbocycles. The highest BCUT2D eigenvalue weighted by Gasteiger charge is 2.12. The summed E-state index contributed by atoms with van der Waals surface area (Å²) in [6.45, 7) is 4.42. The summed E-state index contributed by atoms with van der Waals surface area (Å²) in [4.78, 5) is 4.52.